The predicted molar refractivity (Wildman–Crippen MR) is 49.5 cm³/mol. The fourth-order valence-corrected chi connectivity index (χ4v) is 0.914. The van der Waals surface area contributed by atoms with Gasteiger partial charge in [-0.1, -0.05) is 55.1 Å². The third-order valence-corrected chi connectivity index (χ3v) is 1.47. The molecule has 0 fully saturated rings. The molecule has 1 rings (SSSR count). The van der Waals surface area contributed by atoms with Crippen molar-refractivity contribution in [1.82, 2.24) is 0 Å². The van der Waals surface area contributed by atoms with Crippen molar-refractivity contribution < 1.29 is 0 Å². The second kappa shape index (κ2) is 4.51. The Kier molecular flexibility index (Phi) is 3.20. The first kappa shape index (κ1) is 7.80. The molecule has 0 bridgehead atoms. The van der Waals surface area contributed by atoms with Crippen LogP contribution in [0, 0.1) is 0 Å². The highest BCUT2D eigenvalue weighted by atomic mass is 13.9. The van der Waals surface area contributed by atoms with Crippen molar-refractivity contribution in [2.75, 3.05) is 0 Å². The molecule has 56 valence electrons. The quantitative estimate of drug-likeness (QED) is 0.572. The Morgan fingerprint density at radius 2 is 1.91 bits per heavy atom. The first-order chi connectivity index (χ1) is 5.43. The van der Waals surface area contributed by atoms with Crippen molar-refractivity contribution in [1.29, 1.82) is 0 Å². The molecule has 0 aliphatic rings. The molecule has 0 saturated heterocycles. The topological polar surface area (TPSA) is 0 Å². The fraction of sp³-hybridized carbons (Fsp3) is 0.0909. The summed E-state index contributed by atoms with van der Waals surface area (Å²) in [4.78, 5) is 0. The zero-order valence-corrected chi connectivity index (χ0v) is 6.53. The van der Waals surface area contributed by atoms with Crippen LogP contribution in [0.25, 0.3) is 0 Å². The zero-order valence-electron chi connectivity index (χ0n) is 6.53. The van der Waals surface area contributed by atoms with Gasteiger partial charge in [0.25, 0.3) is 0 Å². The molecule has 0 heterocycles. The molecule has 1 aromatic rings. The van der Waals surface area contributed by atoms with E-state index in [4.69, 9.17) is 0 Å². The summed E-state index contributed by atoms with van der Waals surface area (Å²) in [5, 5.41) is 0. The van der Waals surface area contributed by atoms with Gasteiger partial charge in [0, 0.05) is 0 Å². The Morgan fingerprint density at radius 3 is 2.55 bits per heavy atom. The van der Waals surface area contributed by atoms with Crippen LogP contribution in [0.4, 0.5) is 0 Å². The van der Waals surface area contributed by atoms with Gasteiger partial charge in [-0.15, -0.1) is 0 Å². The van der Waals surface area contributed by atoms with E-state index >= 15 is 0 Å². The maximum Gasteiger partial charge on any atom is -0.00943 e. The van der Waals surface area contributed by atoms with Gasteiger partial charge in [-0.05, 0) is 12.0 Å². The minimum atomic E-state index is 0.993. The van der Waals surface area contributed by atoms with Crippen LogP contribution >= 0.6 is 0 Å². The summed E-state index contributed by atoms with van der Waals surface area (Å²) in [5.41, 5.74) is 1.34. The number of hydrogen-bond donors (Lipinski definition) is 0. The summed E-state index contributed by atoms with van der Waals surface area (Å²) in [6.07, 6.45) is 6.85. The molecule has 0 N–H and O–H groups in total. The van der Waals surface area contributed by atoms with Crippen molar-refractivity contribution in [3.8, 4) is 0 Å². The van der Waals surface area contributed by atoms with Crippen LogP contribution in [-0.4, -0.2) is 0 Å². The van der Waals surface area contributed by atoms with E-state index in [0.717, 1.165) is 6.42 Å². The fourth-order valence-electron chi connectivity index (χ4n) is 0.914. The van der Waals surface area contributed by atoms with Gasteiger partial charge in [0.2, 0.25) is 0 Å². The van der Waals surface area contributed by atoms with E-state index in [-0.39, 0.29) is 0 Å². The minimum Gasteiger partial charge on any atom is -0.0991 e. The number of rotatable bonds is 3. The first-order valence-electron chi connectivity index (χ1n) is 3.75. The van der Waals surface area contributed by atoms with Crippen molar-refractivity contribution in [3.63, 3.8) is 0 Å². The second-order valence-corrected chi connectivity index (χ2v) is 2.35. The smallest absolute Gasteiger partial charge is 0.00943 e. The number of allylic oxidation sites excluding steroid dienone is 3. The van der Waals surface area contributed by atoms with Gasteiger partial charge in [-0.2, -0.15) is 0 Å². The van der Waals surface area contributed by atoms with Crippen molar-refractivity contribution in [2.45, 2.75) is 6.42 Å². The van der Waals surface area contributed by atoms with Gasteiger partial charge in [0.1, 0.15) is 0 Å². The Labute approximate surface area is 67.9 Å². The van der Waals surface area contributed by atoms with Crippen LogP contribution in [0.15, 0.2) is 55.1 Å². The molecule has 0 aliphatic carbocycles. The number of benzene rings is 1. The molecule has 0 aliphatic heterocycles. The average molecular weight is 144 g/mol. The van der Waals surface area contributed by atoms with E-state index < -0.39 is 0 Å². The summed E-state index contributed by atoms with van der Waals surface area (Å²) >= 11 is 0. The van der Waals surface area contributed by atoms with Gasteiger partial charge >= 0.3 is 0 Å². The van der Waals surface area contributed by atoms with Gasteiger partial charge in [0.15, 0.2) is 0 Å². The van der Waals surface area contributed by atoms with Crippen molar-refractivity contribution in [3.05, 3.63) is 60.7 Å². The summed E-state index contributed by atoms with van der Waals surface area (Å²) in [7, 11) is 0. The summed E-state index contributed by atoms with van der Waals surface area (Å²) in [5.74, 6) is 0. The lowest BCUT2D eigenvalue weighted by atomic mass is 10.1. The van der Waals surface area contributed by atoms with E-state index in [9.17, 15) is 0 Å². The lowest BCUT2D eigenvalue weighted by Gasteiger charge is -1.92. The SMILES string of the molecule is C=C/C=C\Cc1ccccc1. The van der Waals surface area contributed by atoms with Crippen LogP contribution in [0.1, 0.15) is 5.56 Å². The van der Waals surface area contributed by atoms with E-state index in [1.165, 1.54) is 5.56 Å². The highest BCUT2D eigenvalue weighted by Crippen LogP contribution is 1.99. The molecule has 0 atom stereocenters. The highest BCUT2D eigenvalue weighted by molar-refractivity contribution is 5.18. The monoisotopic (exact) mass is 144 g/mol. The molecule has 0 radical (unpaired) electrons. The third kappa shape index (κ3) is 2.85. The zero-order chi connectivity index (χ0) is 7.94. The van der Waals surface area contributed by atoms with Gasteiger partial charge in [-0.3, -0.25) is 0 Å². The van der Waals surface area contributed by atoms with Crippen molar-refractivity contribution in [2.24, 2.45) is 0 Å². The Morgan fingerprint density at radius 1 is 1.18 bits per heavy atom. The van der Waals surface area contributed by atoms with Crippen LogP contribution in [-0.2, 0) is 6.42 Å². The van der Waals surface area contributed by atoms with E-state index in [1.807, 2.05) is 12.1 Å². The molecule has 0 amide bonds. The molecule has 0 spiro atoms. The summed E-state index contributed by atoms with van der Waals surface area (Å²) in [6, 6.07) is 10.4. The maximum absolute atomic E-state index is 3.61. The standard InChI is InChI=1S/C11H12/c1-2-3-5-8-11-9-6-4-7-10-11/h2-7,9-10H,1,8H2/b5-3-. The molecule has 1 aromatic carbocycles. The molecular formula is C11H12. The Balaban J connectivity index is 2.51. The number of hydrogen-bond acceptors (Lipinski definition) is 0. The van der Waals surface area contributed by atoms with Crippen LogP contribution in [0.3, 0.4) is 0 Å². The third-order valence-electron chi connectivity index (χ3n) is 1.47. The Hall–Kier alpha value is -1.30. The highest BCUT2D eigenvalue weighted by Gasteiger charge is 1.83. The van der Waals surface area contributed by atoms with Gasteiger partial charge < -0.3 is 0 Å². The van der Waals surface area contributed by atoms with Gasteiger partial charge in [-0.25, -0.2) is 0 Å². The van der Waals surface area contributed by atoms with E-state index in [1.54, 1.807) is 6.08 Å². The second-order valence-electron chi connectivity index (χ2n) is 2.35. The van der Waals surface area contributed by atoms with Crippen LogP contribution in [0.5, 0.6) is 0 Å². The van der Waals surface area contributed by atoms with E-state index in [2.05, 4.69) is 36.9 Å². The van der Waals surface area contributed by atoms with Crippen molar-refractivity contribution >= 4 is 0 Å². The molecule has 0 heteroatoms. The molecule has 0 aromatic heterocycles. The molecule has 0 saturated carbocycles. The van der Waals surface area contributed by atoms with Crippen LogP contribution in [0.2, 0.25) is 0 Å². The minimum absolute atomic E-state index is 0.993. The maximum atomic E-state index is 3.61. The normalized spacial score (nSPS) is 10.2. The average Bonchev–Trinajstić information content (AvgIpc) is 2.07. The predicted octanol–water partition coefficient (Wildman–Crippen LogP) is 2.97. The summed E-state index contributed by atoms with van der Waals surface area (Å²) < 4.78 is 0. The van der Waals surface area contributed by atoms with Gasteiger partial charge in [0.05, 0.1) is 0 Å². The Bertz CT molecular complexity index is 231. The van der Waals surface area contributed by atoms with Crippen LogP contribution < -0.4 is 0 Å². The molecule has 0 unspecified atom stereocenters. The first-order valence-corrected chi connectivity index (χ1v) is 3.75. The molecule has 0 nitrogen and oxygen atoms in total. The largest absolute Gasteiger partial charge is 0.0991 e. The lowest BCUT2D eigenvalue weighted by molar-refractivity contribution is 1.27. The van der Waals surface area contributed by atoms with E-state index in [0.29, 0.717) is 0 Å². The summed E-state index contributed by atoms with van der Waals surface area (Å²) in [6.45, 7) is 3.61. The molecular weight excluding hydrogens is 132 g/mol. The molecule has 11 heavy (non-hydrogen) atoms. The lowest BCUT2D eigenvalue weighted by Crippen LogP contribution is -1.77.